The Balaban J connectivity index is 2.86. The van der Waals surface area contributed by atoms with E-state index < -0.39 is 5.60 Å². The Bertz CT molecular complexity index is 507. The summed E-state index contributed by atoms with van der Waals surface area (Å²) in [6.45, 7) is 12.4. The van der Waals surface area contributed by atoms with Gasteiger partial charge in [-0.3, -0.25) is 14.5 Å². The van der Waals surface area contributed by atoms with E-state index in [2.05, 4.69) is 23.2 Å². The van der Waals surface area contributed by atoms with Crippen LogP contribution in [0.25, 0.3) is 0 Å². The number of esters is 1. The Hall–Kier alpha value is -1.61. The molecule has 0 radical (unpaired) electrons. The van der Waals surface area contributed by atoms with E-state index in [1.165, 1.54) is 6.92 Å². The van der Waals surface area contributed by atoms with Crippen LogP contribution in [0.2, 0.25) is 0 Å². The van der Waals surface area contributed by atoms with Crippen LogP contribution in [0.15, 0.2) is 0 Å². The first-order chi connectivity index (χ1) is 11.6. The Labute approximate surface area is 151 Å². The fourth-order valence-corrected chi connectivity index (χ4v) is 3.42. The first kappa shape index (κ1) is 21.4. The fourth-order valence-electron chi connectivity index (χ4n) is 3.42. The highest BCUT2D eigenvalue weighted by molar-refractivity contribution is 5.76. The quantitative estimate of drug-likeness (QED) is 0.713. The van der Waals surface area contributed by atoms with Gasteiger partial charge in [0, 0.05) is 26.1 Å². The van der Waals surface area contributed by atoms with Crippen molar-refractivity contribution in [3.8, 4) is 6.07 Å². The summed E-state index contributed by atoms with van der Waals surface area (Å²) in [5.41, 5.74) is -0.542. The summed E-state index contributed by atoms with van der Waals surface area (Å²) in [6, 6.07) is 1.93. The van der Waals surface area contributed by atoms with Crippen LogP contribution in [0.5, 0.6) is 0 Å². The van der Waals surface area contributed by atoms with Gasteiger partial charge in [0.25, 0.3) is 0 Å². The van der Waals surface area contributed by atoms with Gasteiger partial charge in [0.15, 0.2) is 0 Å². The van der Waals surface area contributed by atoms with Gasteiger partial charge in [0.2, 0.25) is 5.91 Å². The van der Waals surface area contributed by atoms with Crippen molar-refractivity contribution < 1.29 is 14.3 Å². The van der Waals surface area contributed by atoms with Gasteiger partial charge in [-0.2, -0.15) is 5.26 Å². The van der Waals surface area contributed by atoms with Crippen molar-refractivity contribution >= 4 is 11.9 Å². The summed E-state index contributed by atoms with van der Waals surface area (Å²) >= 11 is 0. The van der Waals surface area contributed by atoms with E-state index >= 15 is 0 Å². The third-order valence-corrected chi connectivity index (χ3v) is 4.53. The molecule has 25 heavy (non-hydrogen) atoms. The molecule has 1 N–H and O–H groups in total. The molecule has 0 saturated carbocycles. The molecule has 1 amide bonds. The molecular weight excluding hydrogens is 318 g/mol. The van der Waals surface area contributed by atoms with E-state index in [0.29, 0.717) is 19.5 Å². The van der Waals surface area contributed by atoms with Crippen LogP contribution >= 0.6 is 0 Å². The van der Waals surface area contributed by atoms with Gasteiger partial charge >= 0.3 is 5.97 Å². The van der Waals surface area contributed by atoms with Crippen LogP contribution in [0, 0.1) is 23.2 Å². The van der Waals surface area contributed by atoms with E-state index in [-0.39, 0.29) is 35.8 Å². The highest BCUT2D eigenvalue weighted by Crippen LogP contribution is 2.28. The number of hydrogen-bond donors (Lipinski definition) is 1. The molecule has 0 aromatic heterocycles. The molecule has 1 aliphatic rings. The van der Waals surface area contributed by atoms with E-state index in [9.17, 15) is 14.9 Å². The van der Waals surface area contributed by atoms with Crippen LogP contribution in [0.1, 0.15) is 60.8 Å². The monoisotopic (exact) mass is 351 g/mol. The molecule has 1 aliphatic heterocycles. The number of amides is 1. The summed E-state index contributed by atoms with van der Waals surface area (Å²) in [7, 11) is 0. The molecule has 6 nitrogen and oxygen atoms in total. The van der Waals surface area contributed by atoms with Crippen LogP contribution in [-0.4, -0.2) is 47.6 Å². The number of nitrogens with one attached hydrogen (secondary N) is 1. The number of likely N-dealkylation sites (tertiary alicyclic amines) is 1. The van der Waals surface area contributed by atoms with Gasteiger partial charge in [0.1, 0.15) is 11.6 Å². The third kappa shape index (κ3) is 7.03. The first-order valence-electron chi connectivity index (χ1n) is 9.21. The lowest BCUT2D eigenvalue weighted by atomic mass is 9.95. The molecule has 1 saturated heterocycles. The minimum Gasteiger partial charge on any atom is -0.459 e. The molecule has 1 heterocycles. The second-order valence-corrected chi connectivity index (χ2v) is 8.10. The van der Waals surface area contributed by atoms with Crippen molar-refractivity contribution in [2.24, 2.45) is 11.8 Å². The predicted octanol–water partition coefficient (Wildman–Crippen LogP) is 2.48. The molecule has 0 aromatic carbocycles. The summed E-state index contributed by atoms with van der Waals surface area (Å²) < 4.78 is 5.55. The number of ether oxygens (including phenoxy) is 1. The molecule has 4 atom stereocenters. The summed E-state index contributed by atoms with van der Waals surface area (Å²) in [4.78, 5) is 26.0. The van der Waals surface area contributed by atoms with E-state index in [0.717, 1.165) is 12.8 Å². The minimum atomic E-state index is -0.542. The van der Waals surface area contributed by atoms with Gasteiger partial charge in [-0.25, -0.2) is 0 Å². The van der Waals surface area contributed by atoms with E-state index in [4.69, 9.17) is 4.74 Å². The second kappa shape index (κ2) is 9.19. The Morgan fingerprint density at radius 1 is 1.40 bits per heavy atom. The smallest absolute Gasteiger partial charge is 0.323 e. The SMILES string of the molecule is CCC[C@@H](CN1CC(C#N)CC1C(=O)OC(C)(C)C)C(C)NC(C)=O. The maximum absolute atomic E-state index is 12.6. The van der Waals surface area contributed by atoms with Crippen LogP contribution in [0.3, 0.4) is 0 Å². The number of rotatable bonds is 7. The van der Waals surface area contributed by atoms with Gasteiger partial charge in [-0.05, 0) is 46.5 Å². The molecular formula is C19H33N3O3. The highest BCUT2D eigenvalue weighted by atomic mass is 16.6. The Kier molecular flexibility index (Phi) is 7.88. The molecule has 0 aliphatic carbocycles. The maximum Gasteiger partial charge on any atom is 0.323 e. The lowest BCUT2D eigenvalue weighted by Crippen LogP contribution is -2.46. The van der Waals surface area contributed by atoms with Gasteiger partial charge in [-0.1, -0.05) is 13.3 Å². The molecule has 1 rings (SSSR count). The zero-order valence-corrected chi connectivity index (χ0v) is 16.5. The van der Waals surface area contributed by atoms with Crippen LogP contribution in [0.4, 0.5) is 0 Å². The topological polar surface area (TPSA) is 82.4 Å². The minimum absolute atomic E-state index is 0.0258. The van der Waals surface area contributed by atoms with Crippen molar-refractivity contribution in [3.63, 3.8) is 0 Å². The zero-order chi connectivity index (χ0) is 19.2. The van der Waals surface area contributed by atoms with Crippen LogP contribution < -0.4 is 5.32 Å². The third-order valence-electron chi connectivity index (χ3n) is 4.53. The summed E-state index contributed by atoms with van der Waals surface area (Å²) in [5.74, 6) is -0.228. The van der Waals surface area contributed by atoms with Crippen molar-refractivity contribution in [1.29, 1.82) is 5.26 Å². The zero-order valence-electron chi connectivity index (χ0n) is 16.5. The van der Waals surface area contributed by atoms with Gasteiger partial charge in [-0.15, -0.1) is 0 Å². The normalized spacial score (nSPS) is 23.6. The molecule has 0 spiro atoms. The molecule has 142 valence electrons. The number of nitrogens with zero attached hydrogens (tertiary/aromatic N) is 2. The summed E-state index contributed by atoms with van der Waals surface area (Å²) in [5, 5.41) is 12.3. The van der Waals surface area contributed by atoms with E-state index in [1.54, 1.807) is 0 Å². The van der Waals surface area contributed by atoms with Crippen molar-refractivity contribution in [1.82, 2.24) is 10.2 Å². The average Bonchev–Trinajstić information content (AvgIpc) is 2.87. The molecule has 3 unspecified atom stereocenters. The lowest BCUT2D eigenvalue weighted by molar-refractivity contribution is -0.160. The standard InChI is InChI=1S/C19H33N3O3/c1-7-8-16(13(2)21-14(3)23)12-22-11-15(10-20)9-17(22)18(24)25-19(4,5)6/h13,15-17H,7-9,11-12H2,1-6H3,(H,21,23)/t13?,15?,16-,17?/m0/s1. The van der Waals surface area contributed by atoms with Gasteiger partial charge < -0.3 is 10.1 Å². The number of nitriles is 1. The highest BCUT2D eigenvalue weighted by Gasteiger charge is 2.40. The van der Waals surface area contributed by atoms with Crippen molar-refractivity contribution in [3.05, 3.63) is 0 Å². The number of hydrogen-bond acceptors (Lipinski definition) is 5. The van der Waals surface area contributed by atoms with Crippen molar-refractivity contribution in [2.75, 3.05) is 13.1 Å². The Morgan fingerprint density at radius 2 is 2.04 bits per heavy atom. The average molecular weight is 351 g/mol. The molecule has 0 bridgehead atoms. The molecule has 1 fully saturated rings. The number of carbonyl (C=O) groups is 2. The molecule has 6 heteroatoms. The maximum atomic E-state index is 12.6. The van der Waals surface area contributed by atoms with Crippen molar-refractivity contribution in [2.45, 2.75) is 78.5 Å². The van der Waals surface area contributed by atoms with Crippen LogP contribution in [-0.2, 0) is 14.3 Å². The lowest BCUT2D eigenvalue weighted by Gasteiger charge is -2.32. The number of carbonyl (C=O) groups excluding carboxylic acids is 2. The van der Waals surface area contributed by atoms with E-state index in [1.807, 2.05) is 27.7 Å². The fraction of sp³-hybridized carbons (Fsp3) is 0.842. The summed E-state index contributed by atoms with van der Waals surface area (Å²) in [6.07, 6.45) is 2.47. The first-order valence-corrected chi connectivity index (χ1v) is 9.21. The second-order valence-electron chi connectivity index (χ2n) is 8.10. The molecule has 0 aromatic rings. The Morgan fingerprint density at radius 3 is 2.52 bits per heavy atom. The van der Waals surface area contributed by atoms with Gasteiger partial charge in [0.05, 0.1) is 12.0 Å². The predicted molar refractivity (Wildman–Crippen MR) is 96.6 cm³/mol. The largest absolute Gasteiger partial charge is 0.459 e.